The summed E-state index contributed by atoms with van der Waals surface area (Å²) in [6.07, 6.45) is -1.20. The normalized spacial score (nSPS) is 16.4. The van der Waals surface area contributed by atoms with Crippen LogP contribution in [0, 0.1) is 52.0 Å². The monoisotopic (exact) mass is 996 g/mol. The molecule has 0 radical (unpaired) electrons. The fourth-order valence-electron chi connectivity index (χ4n) is 5.45. The molecule has 0 aromatic heterocycles. The zero-order chi connectivity index (χ0) is 46.9. The Hall–Kier alpha value is -3.56. The van der Waals surface area contributed by atoms with Gasteiger partial charge in [-0.25, -0.2) is 51.2 Å². The van der Waals surface area contributed by atoms with Gasteiger partial charge in [0.2, 0.25) is 32.4 Å². The van der Waals surface area contributed by atoms with Gasteiger partial charge in [0.15, 0.2) is 34.8 Å². The van der Waals surface area contributed by atoms with Crippen molar-refractivity contribution in [2.75, 3.05) is 13.2 Å². The first kappa shape index (κ1) is 50.8. The summed E-state index contributed by atoms with van der Waals surface area (Å²) < 4.78 is 372. The van der Waals surface area contributed by atoms with E-state index in [0.717, 1.165) is 0 Å². The minimum absolute atomic E-state index is 0.134. The van der Waals surface area contributed by atoms with E-state index in [4.69, 9.17) is 0 Å². The zero-order valence-electron chi connectivity index (χ0n) is 27.9. The topological polar surface area (TPSA) is 155 Å². The van der Waals surface area contributed by atoms with Gasteiger partial charge in [-0.2, -0.15) is 70.2 Å². The molecule has 344 valence electrons. The van der Waals surface area contributed by atoms with Gasteiger partial charge in [-0.15, -0.1) is 0 Å². The van der Waals surface area contributed by atoms with Crippen molar-refractivity contribution < 1.29 is 131 Å². The molecule has 0 unspecified atom stereocenters. The maximum atomic E-state index is 15.1. The molecule has 60 heavy (non-hydrogen) atoms. The number of halogens is 20. The lowest BCUT2D eigenvalue weighted by molar-refractivity contribution is -0.0484. The third-order valence-corrected chi connectivity index (χ3v) is 17.2. The van der Waals surface area contributed by atoms with E-state index in [1.807, 2.05) is 0 Å². The van der Waals surface area contributed by atoms with Crippen molar-refractivity contribution in [3.8, 4) is 11.5 Å². The molecule has 0 saturated heterocycles. The molecule has 1 saturated carbocycles. The Labute approximate surface area is 321 Å². The molecule has 1 fully saturated rings. The first-order valence-electron chi connectivity index (χ1n) is 14.8. The van der Waals surface area contributed by atoms with Crippen molar-refractivity contribution in [1.29, 1.82) is 0 Å². The van der Waals surface area contributed by atoms with Crippen LogP contribution in [0.3, 0.4) is 0 Å². The van der Waals surface area contributed by atoms with E-state index in [-0.39, 0.29) is 19.3 Å². The van der Waals surface area contributed by atoms with Gasteiger partial charge >= 0.3 is 22.0 Å². The van der Waals surface area contributed by atoms with Gasteiger partial charge < -0.3 is 9.47 Å². The molecule has 34 heteroatoms. The van der Waals surface area contributed by atoms with Crippen LogP contribution in [0.4, 0.5) is 87.8 Å². The van der Waals surface area contributed by atoms with Crippen molar-refractivity contribution in [2.24, 2.45) is 5.41 Å². The number of rotatable bonds is 12. The highest BCUT2D eigenvalue weighted by atomic mass is 32.3. The van der Waals surface area contributed by atoms with Crippen LogP contribution in [-0.2, 0) is 39.3 Å². The summed E-state index contributed by atoms with van der Waals surface area (Å²) in [5, 5.41) is 0. The van der Waals surface area contributed by atoms with Gasteiger partial charge in [0, 0.05) is 5.41 Å². The smallest absolute Gasteiger partial charge is 0.487 e. The van der Waals surface area contributed by atoms with E-state index >= 15 is 35.1 Å². The molecule has 1 aliphatic carbocycles. The molecule has 0 amide bonds. The third kappa shape index (κ3) is 8.60. The fourth-order valence-corrected chi connectivity index (χ4v) is 12.5. The highest BCUT2D eigenvalue weighted by Gasteiger charge is 2.67. The van der Waals surface area contributed by atoms with Crippen molar-refractivity contribution in [3.05, 3.63) is 57.7 Å². The Kier molecular flexibility index (Phi) is 13.5. The molecule has 2 aromatic rings. The lowest BCUT2D eigenvalue weighted by Crippen LogP contribution is -2.40. The summed E-state index contributed by atoms with van der Waals surface area (Å²) in [6, 6.07) is 0. The second-order valence-electron chi connectivity index (χ2n) is 12.3. The molecule has 0 heterocycles. The number of alkyl halides is 12. The van der Waals surface area contributed by atoms with Crippen LogP contribution in [0.25, 0.3) is 0 Å². The molecule has 0 aliphatic heterocycles. The average molecular weight is 997 g/mol. The van der Waals surface area contributed by atoms with Gasteiger partial charge in [0.05, 0.1) is 24.3 Å². The molecule has 0 bridgehead atoms. The van der Waals surface area contributed by atoms with Gasteiger partial charge in [-0.05, 0) is 12.8 Å². The minimum atomic E-state index is -8.00. The Morgan fingerprint density at radius 2 is 0.617 bits per heavy atom. The van der Waals surface area contributed by atoms with Crippen LogP contribution in [0.15, 0.2) is 0 Å². The van der Waals surface area contributed by atoms with Crippen molar-refractivity contribution in [2.45, 2.75) is 63.3 Å². The number of hydrogen-bond donors (Lipinski definition) is 0. The van der Waals surface area contributed by atoms with E-state index in [0.29, 0.717) is 0 Å². The number of sulfone groups is 4. The summed E-state index contributed by atoms with van der Waals surface area (Å²) in [7, 11) is -32.0. The van der Waals surface area contributed by atoms with Crippen LogP contribution in [0.1, 0.15) is 52.4 Å². The summed E-state index contributed by atoms with van der Waals surface area (Å²) in [5.41, 5.74) is -37.7. The van der Waals surface area contributed by atoms with Crippen LogP contribution < -0.4 is 9.47 Å². The summed E-state index contributed by atoms with van der Waals surface area (Å²) in [5.74, 6) is -32.1. The Balaban J connectivity index is 2.18. The molecule has 2 aromatic carbocycles. The highest BCUT2D eigenvalue weighted by molar-refractivity contribution is 8.09. The van der Waals surface area contributed by atoms with Gasteiger partial charge in [-0.3, -0.25) is 0 Å². The van der Waals surface area contributed by atoms with E-state index in [2.05, 4.69) is 9.47 Å². The molecule has 10 nitrogen and oxygen atoms in total. The SMILES string of the molecule is O=S(=O)(C(c1c(F)c(F)c(OCC2(COc3c(F)c(F)c(C(S(=O)(=O)C(F)(F)F)S(=O)(=O)C(F)(F)F)c(F)c3F)CCCCC2)c(F)c1F)S(=O)(=O)C(F)(F)F)C(F)(F)F. The maximum Gasteiger partial charge on any atom is 0.499 e. The molecule has 1 aliphatic rings. The third-order valence-electron chi connectivity index (χ3n) is 8.36. The second-order valence-corrected chi connectivity index (χ2v) is 21.0. The summed E-state index contributed by atoms with van der Waals surface area (Å²) in [6.45, 7) is -3.13. The van der Waals surface area contributed by atoms with Crippen LogP contribution in [0.5, 0.6) is 11.5 Å². The van der Waals surface area contributed by atoms with Gasteiger partial charge in [-0.1, -0.05) is 19.3 Å². The Morgan fingerprint density at radius 1 is 0.400 bits per heavy atom. The first-order chi connectivity index (χ1) is 26.7. The van der Waals surface area contributed by atoms with Gasteiger partial charge in [0.25, 0.3) is 39.3 Å². The quantitative estimate of drug-likeness (QED) is 0.151. The highest BCUT2D eigenvalue weighted by Crippen LogP contribution is 2.50. The predicted molar refractivity (Wildman–Crippen MR) is 154 cm³/mol. The summed E-state index contributed by atoms with van der Waals surface area (Å²) in [4.78, 5) is 0. The lowest BCUT2D eigenvalue weighted by atomic mass is 9.75. The maximum absolute atomic E-state index is 15.1. The largest absolute Gasteiger partial charge is 0.499 e. The Morgan fingerprint density at radius 3 is 0.817 bits per heavy atom. The van der Waals surface area contributed by atoms with Gasteiger partial charge in [0.1, 0.15) is 0 Å². The molecule has 3 rings (SSSR count). The number of benzene rings is 2. The first-order valence-corrected chi connectivity index (χ1v) is 21.0. The molecule has 0 spiro atoms. The van der Waals surface area contributed by atoms with E-state index in [1.165, 1.54) is 0 Å². The van der Waals surface area contributed by atoms with Crippen LogP contribution >= 0.6 is 0 Å². The van der Waals surface area contributed by atoms with Crippen molar-refractivity contribution >= 4 is 39.3 Å². The molecule has 0 atom stereocenters. The van der Waals surface area contributed by atoms with Crippen LogP contribution in [-0.4, -0.2) is 68.9 Å². The summed E-state index contributed by atoms with van der Waals surface area (Å²) >= 11 is 0. The molecular formula is C26H16F20O10S4. The van der Waals surface area contributed by atoms with E-state index < -0.39 is 171 Å². The second kappa shape index (κ2) is 16.0. The predicted octanol–water partition coefficient (Wildman–Crippen LogP) is 7.94. The zero-order valence-corrected chi connectivity index (χ0v) is 31.1. The standard InChI is InChI=1S/C26H16F20O10S4/c27-10-8(20(57(47,48)23(35,36)37)58(49,50)24(38,39)40)11(28)15(32)18(14(10)31)55-6-22(4-2-1-3-5-22)7-56-19-16(33)12(29)9(13(30)17(19)34)21(59(51,52)25(41,42)43)60(53,54)26(44,45)46/h20-21H,1-7H2. The minimum Gasteiger partial charge on any atom is -0.487 e. The number of hydrogen-bond acceptors (Lipinski definition) is 10. The van der Waals surface area contributed by atoms with Crippen molar-refractivity contribution in [1.82, 2.24) is 0 Å². The van der Waals surface area contributed by atoms with Crippen LogP contribution in [0.2, 0.25) is 0 Å². The van der Waals surface area contributed by atoms with Crippen molar-refractivity contribution in [3.63, 3.8) is 0 Å². The molecular weight excluding hydrogens is 981 g/mol. The van der Waals surface area contributed by atoms with E-state index in [1.54, 1.807) is 0 Å². The Bertz CT molecular complexity index is 2160. The fraction of sp³-hybridized carbons (Fsp3) is 0.538. The lowest BCUT2D eigenvalue weighted by Gasteiger charge is -2.36. The number of ether oxygens (including phenoxy) is 2. The molecule has 0 N–H and O–H groups in total. The average Bonchev–Trinajstić information content (AvgIpc) is 3.08. The van der Waals surface area contributed by atoms with E-state index in [9.17, 15) is 86.4 Å².